The van der Waals surface area contributed by atoms with Gasteiger partial charge in [-0.1, -0.05) is 42.0 Å². The molecular formula is C23H26BFO2. The standard InChI is InChI=1S/C23H26BFO2/c1-22(2)23(3,4)27-24(26-22)20-10-9-18-14-17(5-8-19(18)15-20)13-16-6-11-21(25)12-7-16/h6-7,9-13,15H,5,8,14H2,1-4H3. The van der Waals surface area contributed by atoms with Gasteiger partial charge in [-0.15, -0.1) is 0 Å². The maximum atomic E-state index is 13.1. The lowest BCUT2D eigenvalue weighted by Gasteiger charge is -2.32. The van der Waals surface area contributed by atoms with Gasteiger partial charge in [-0.05, 0) is 81.2 Å². The number of benzene rings is 2. The molecule has 2 aromatic rings. The molecule has 1 fully saturated rings. The molecule has 0 N–H and O–H groups in total. The Bertz CT molecular complexity index is 868. The van der Waals surface area contributed by atoms with Gasteiger partial charge >= 0.3 is 7.12 Å². The van der Waals surface area contributed by atoms with Gasteiger partial charge in [0.25, 0.3) is 0 Å². The minimum Gasteiger partial charge on any atom is -0.399 e. The van der Waals surface area contributed by atoms with E-state index >= 15 is 0 Å². The van der Waals surface area contributed by atoms with Crippen molar-refractivity contribution in [2.45, 2.75) is 58.2 Å². The lowest BCUT2D eigenvalue weighted by molar-refractivity contribution is 0.00578. The average Bonchev–Trinajstić information content (AvgIpc) is 2.84. The fraction of sp³-hybridized carbons (Fsp3) is 0.391. The molecule has 0 amide bonds. The summed E-state index contributed by atoms with van der Waals surface area (Å²) >= 11 is 0. The molecule has 0 saturated carbocycles. The summed E-state index contributed by atoms with van der Waals surface area (Å²) in [5.41, 5.74) is 5.63. The Balaban J connectivity index is 1.53. The van der Waals surface area contributed by atoms with Crippen LogP contribution in [-0.2, 0) is 22.2 Å². The highest BCUT2D eigenvalue weighted by atomic mass is 19.1. The van der Waals surface area contributed by atoms with Crippen LogP contribution in [0.1, 0.15) is 50.8 Å². The first-order valence-corrected chi connectivity index (χ1v) is 9.66. The number of hydrogen-bond acceptors (Lipinski definition) is 2. The minimum atomic E-state index is -0.321. The van der Waals surface area contributed by atoms with Crippen LogP contribution in [0.25, 0.3) is 6.08 Å². The molecule has 2 nitrogen and oxygen atoms in total. The van der Waals surface area contributed by atoms with E-state index in [1.165, 1.54) is 28.8 Å². The van der Waals surface area contributed by atoms with Crippen LogP contribution in [-0.4, -0.2) is 18.3 Å². The molecule has 4 heteroatoms. The normalized spacial score (nSPS) is 22.1. The third kappa shape index (κ3) is 3.61. The maximum absolute atomic E-state index is 13.1. The number of allylic oxidation sites excluding steroid dienone is 1. The molecular weight excluding hydrogens is 338 g/mol. The van der Waals surface area contributed by atoms with E-state index in [4.69, 9.17) is 9.31 Å². The SMILES string of the molecule is CC1(C)OB(c2ccc3c(c2)CCC(=Cc2ccc(F)cc2)C3)OC1(C)C. The number of rotatable bonds is 2. The van der Waals surface area contributed by atoms with E-state index in [-0.39, 0.29) is 24.1 Å². The molecule has 0 radical (unpaired) electrons. The largest absolute Gasteiger partial charge is 0.494 e. The van der Waals surface area contributed by atoms with Gasteiger partial charge < -0.3 is 9.31 Å². The fourth-order valence-corrected chi connectivity index (χ4v) is 3.72. The summed E-state index contributed by atoms with van der Waals surface area (Å²) in [6.07, 6.45) is 5.16. The van der Waals surface area contributed by atoms with Gasteiger partial charge in [0.05, 0.1) is 11.2 Å². The van der Waals surface area contributed by atoms with E-state index in [1.54, 1.807) is 0 Å². The predicted molar refractivity (Wildman–Crippen MR) is 109 cm³/mol. The first-order valence-electron chi connectivity index (χ1n) is 9.66. The Morgan fingerprint density at radius 2 is 1.56 bits per heavy atom. The van der Waals surface area contributed by atoms with Crippen LogP contribution in [0.5, 0.6) is 0 Å². The van der Waals surface area contributed by atoms with Gasteiger partial charge in [-0.2, -0.15) is 0 Å². The molecule has 27 heavy (non-hydrogen) atoms. The number of hydrogen-bond donors (Lipinski definition) is 0. The first-order chi connectivity index (χ1) is 12.7. The molecule has 4 rings (SSSR count). The van der Waals surface area contributed by atoms with Crippen LogP contribution in [0, 0.1) is 5.82 Å². The summed E-state index contributed by atoms with van der Waals surface area (Å²) in [4.78, 5) is 0. The molecule has 1 aliphatic carbocycles. The smallest absolute Gasteiger partial charge is 0.399 e. The van der Waals surface area contributed by atoms with Crippen molar-refractivity contribution in [2.24, 2.45) is 0 Å². The van der Waals surface area contributed by atoms with E-state index < -0.39 is 0 Å². The Morgan fingerprint density at radius 1 is 0.889 bits per heavy atom. The van der Waals surface area contributed by atoms with Crippen LogP contribution in [0.4, 0.5) is 4.39 Å². The van der Waals surface area contributed by atoms with E-state index in [2.05, 4.69) is 52.0 Å². The van der Waals surface area contributed by atoms with E-state index in [0.29, 0.717) is 0 Å². The zero-order valence-electron chi connectivity index (χ0n) is 16.5. The van der Waals surface area contributed by atoms with Gasteiger partial charge in [-0.3, -0.25) is 0 Å². The van der Waals surface area contributed by atoms with Crippen molar-refractivity contribution in [1.82, 2.24) is 0 Å². The molecule has 0 atom stereocenters. The summed E-state index contributed by atoms with van der Waals surface area (Å²) in [7, 11) is -0.309. The highest BCUT2D eigenvalue weighted by Crippen LogP contribution is 2.37. The molecule has 0 spiro atoms. The molecule has 2 aromatic carbocycles. The summed E-state index contributed by atoms with van der Waals surface area (Å²) in [6.45, 7) is 8.33. The molecule has 0 unspecified atom stereocenters. The second-order valence-electron chi connectivity index (χ2n) is 8.65. The first kappa shape index (κ1) is 18.5. The van der Waals surface area contributed by atoms with Crippen molar-refractivity contribution >= 4 is 18.7 Å². The second kappa shape index (κ2) is 6.61. The van der Waals surface area contributed by atoms with E-state index in [1.807, 2.05) is 12.1 Å². The summed E-state index contributed by atoms with van der Waals surface area (Å²) in [5, 5.41) is 0. The van der Waals surface area contributed by atoms with Crippen LogP contribution in [0.3, 0.4) is 0 Å². The number of halogens is 1. The van der Waals surface area contributed by atoms with Crippen LogP contribution >= 0.6 is 0 Å². The molecule has 140 valence electrons. The molecule has 2 aliphatic rings. The highest BCUT2D eigenvalue weighted by Gasteiger charge is 2.51. The van der Waals surface area contributed by atoms with Crippen molar-refractivity contribution in [3.8, 4) is 0 Å². The zero-order chi connectivity index (χ0) is 19.2. The van der Waals surface area contributed by atoms with Gasteiger partial charge in [0, 0.05) is 0 Å². The highest BCUT2D eigenvalue weighted by molar-refractivity contribution is 6.62. The van der Waals surface area contributed by atoms with Gasteiger partial charge in [-0.25, -0.2) is 4.39 Å². The van der Waals surface area contributed by atoms with E-state index in [0.717, 1.165) is 30.3 Å². The average molecular weight is 364 g/mol. The lowest BCUT2D eigenvalue weighted by Crippen LogP contribution is -2.41. The third-order valence-electron chi connectivity index (χ3n) is 6.13. The molecule has 0 bridgehead atoms. The third-order valence-corrected chi connectivity index (χ3v) is 6.13. The zero-order valence-corrected chi connectivity index (χ0v) is 16.5. The second-order valence-corrected chi connectivity index (χ2v) is 8.65. The van der Waals surface area contributed by atoms with Crippen LogP contribution in [0.2, 0.25) is 0 Å². The minimum absolute atomic E-state index is 0.193. The van der Waals surface area contributed by atoms with Gasteiger partial charge in [0.15, 0.2) is 0 Å². The van der Waals surface area contributed by atoms with Gasteiger partial charge in [0.2, 0.25) is 0 Å². The summed E-state index contributed by atoms with van der Waals surface area (Å²) in [6, 6.07) is 13.3. The Labute approximate surface area is 161 Å². The monoisotopic (exact) mass is 364 g/mol. The van der Waals surface area contributed by atoms with Crippen LogP contribution < -0.4 is 5.46 Å². The quantitative estimate of drug-likeness (QED) is 0.720. The molecule has 1 aliphatic heterocycles. The fourth-order valence-electron chi connectivity index (χ4n) is 3.72. The van der Waals surface area contributed by atoms with Crippen LogP contribution in [0.15, 0.2) is 48.0 Å². The molecule has 1 saturated heterocycles. The molecule has 0 aromatic heterocycles. The van der Waals surface area contributed by atoms with Crippen molar-refractivity contribution in [1.29, 1.82) is 0 Å². The Kier molecular flexibility index (Phi) is 4.52. The maximum Gasteiger partial charge on any atom is 0.494 e. The van der Waals surface area contributed by atoms with Crippen molar-refractivity contribution in [2.75, 3.05) is 0 Å². The Morgan fingerprint density at radius 3 is 2.22 bits per heavy atom. The topological polar surface area (TPSA) is 18.5 Å². The van der Waals surface area contributed by atoms with Gasteiger partial charge in [0.1, 0.15) is 5.82 Å². The van der Waals surface area contributed by atoms with Crippen molar-refractivity contribution in [3.63, 3.8) is 0 Å². The van der Waals surface area contributed by atoms with Crippen molar-refractivity contribution < 1.29 is 13.7 Å². The van der Waals surface area contributed by atoms with E-state index in [9.17, 15) is 4.39 Å². The summed E-state index contributed by atoms with van der Waals surface area (Å²) in [5.74, 6) is -0.193. The Hall–Kier alpha value is -1.91. The lowest BCUT2D eigenvalue weighted by atomic mass is 9.75. The number of fused-ring (bicyclic) bond motifs is 1. The molecule has 1 heterocycles. The predicted octanol–water partition coefficient (Wildman–Crippen LogP) is 4.70. The van der Waals surface area contributed by atoms with Crippen molar-refractivity contribution in [3.05, 3.63) is 70.5 Å². The summed E-state index contributed by atoms with van der Waals surface area (Å²) < 4.78 is 25.5. The number of aryl methyl sites for hydroxylation is 1.